The predicted octanol–water partition coefficient (Wildman–Crippen LogP) is 1.51. The number of hydrogen-bond acceptors (Lipinski definition) is 6. The van der Waals surface area contributed by atoms with E-state index in [2.05, 4.69) is 27.3 Å². The Kier molecular flexibility index (Phi) is 7.70. The summed E-state index contributed by atoms with van der Waals surface area (Å²) in [6, 6.07) is 6.27. The van der Waals surface area contributed by atoms with E-state index >= 15 is 0 Å². The van der Waals surface area contributed by atoms with E-state index < -0.39 is 6.04 Å². The van der Waals surface area contributed by atoms with E-state index in [0.717, 1.165) is 17.3 Å². The molecule has 2 aliphatic heterocycles. The third-order valence-electron chi connectivity index (χ3n) is 6.73. The molecule has 4 atom stereocenters. The van der Waals surface area contributed by atoms with Crippen LogP contribution in [0.2, 0.25) is 0 Å². The molecule has 188 valence electrons. The number of ether oxygens (including phenoxy) is 2. The molecular weight excluding hydrogens is 450 g/mol. The molecular formula is C25H33N5O5. The second-order valence-corrected chi connectivity index (χ2v) is 9.01. The first-order valence-electron chi connectivity index (χ1n) is 12.0. The molecule has 4 unspecified atom stereocenters. The van der Waals surface area contributed by atoms with Gasteiger partial charge in [0, 0.05) is 49.0 Å². The summed E-state index contributed by atoms with van der Waals surface area (Å²) in [6.45, 7) is 7.19. The molecule has 2 saturated heterocycles. The molecule has 2 aromatic rings. The average Bonchev–Trinajstić information content (AvgIpc) is 3.57. The highest BCUT2D eigenvalue weighted by molar-refractivity contribution is 6.01. The van der Waals surface area contributed by atoms with Crippen molar-refractivity contribution in [2.45, 2.75) is 44.4 Å². The maximum absolute atomic E-state index is 13.6. The number of aromatic nitrogens is 1. The van der Waals surface area contributed by atoms with E-state index in [9.17, 15) is 14.4 Å². The van der Waals surface area contributed by atoms with Gasteiger partial charge in [-0.1, -0.05) is 6.07 Å². The summed E-state index contributed by atoms with van der Waals surface area (Å²) < 4.78 is 11.2. The van der Waals surface area contributed by atoms with Crippen molar-refractivity contribution in [2.75, 3.05) is 33.4 Å². The highest BCUT2D eigenvalue weighted by atomic mass is 16.5. The summed E-state index contributed by atoms with van der Waals surface area (Å²) in [5.74, 6) is -0.0607. The zero-order chi connectivity index (χ0) is 24.9. The number of methoxy groups -OCH3 is 1. The van der Waals surface area contributed by atoms with Crippen LogP contribution in [0.25, 0.3) is 10.9 Å². The van der Waals surface area contributed by atoms with Crippen LogP contribution in [-0.2, 0) is 14.3 Å². The number of carbonyl (C=O) groups excluding carboxylic acids is 3. The number of likely N-dealkylation sites (tertiary alicyclic amines) is 1. The molecule has 1 aromatic heterocycles. The Balaban J connectivity index is 1.53. The van der Waals surface area contributed by atoms with Crippen LogP contribution >= 0.6 is 0 Å². The maximum atomic E-state index is 13.6. The van der Waals surface area contributed by atoms with Crippen LogP contribution in [0.5, 0.6) is 5.75 Å². The van der Waals surface area contributed by atoms with Gasteiger partial charge in [0.25, 0.3) is 5.91 Å². The van der Waals surface area contributed by atoms with Crippen LogP contribution in [0.1, 0.15) is 36.7 Å². The van der Waals surface area contributed by atoms with E-state index in [-0.39, 0.29) is 35.8 Å². The Bertz CT molecular complexity index is 1100. The van der Waals surface area contributed by atoms with Gasteiger partial charge in [-0.2, -0.15) is 0 Å². The van der Waals surface area contributed by atoms with Gasteiger partial charge in [-0.3, -0.25) is 19.4 Å². The van der Waals surface area contributed by atoms with Crippen molar-refractivity contribution in [3.63, 3.8) is 0 Å². The second-order valence-electron chi connectivity index (χ2n) is 9.01. The third kappa shape index (κ3) is 5.32. The molecule has 0 bridgehead atoms. The molecule has 0 spiro atoms. The number of benzene rings is 1. The summed E-state index contributed by atoms with van der Waals surface area (Å²) >= 11 is 0. The minimum absolute atomic E-state index is 0.00312. The third-order valence-corrected chi connectivity index (χ3v) is 6.73. The lowest BCUT2D eigenvalue weighted by molar-refractivity contribution is -0.127. The molecule has 0 aliphatic carbocycles. The van der Waals surface area contributed by atoms with Gasteiger partial charge in [-0.05, 0) is 44.7 Å². The van der Waals surface area contributed by atoms with E-state index in [1.807, 2.05) is 25.1 Å². The quantitative estimate of drug-likeness (QED) is 0.442. The number of aliphatic imine (C=N–C) groups is 1. The van der Waals surface area contributed by atoms with Gasteiger partial charge < -0.3 is 30.0 Å². The standard InChI is InChI=1S/C25H33N5O5/c1-4-35-17-11-21(24(32)28-16(13-26-2)10-15-8-9-27-23(15)31)30(14-17)25(33)20-12-18-19(29-20)6-5-7-22(18)34-3/h5-7,12,15-17,21,29H,2,4,8-11,13-14H2,1,3H3,(H,27,31)(H,28,32). The fourth-order valence-corrected chi connectivity index (χ4v) is 5.05. The number of aromatic amines is 1. The lowest BCUT2D eigenvalue weighted by Crippen LogP contribution is -2.50. The molecule has 0 radical (unpaired) electrons. The van der Waals surface area contributed by atoms with Gasteiger partial charge in [-0.25, -0.2) is 0 Å². The lowest BCUT2D eigenvalue weighted by Gasteiger charge is -2.26. The number of fused-ring (bicyclic) bond motifs is 1. The molecule has 2 aliphatic rings. The number of nitrogens with zero attached hydrogens (tertiary/aromatic N) is 2. The summed E-state index contributed by atoms with van der Waals surface area (Å²) in [4.78, 5) is 47.7. The Morgan fingerprint density at radius 1 is 1.37 bits per heavy atom. The van der Waals surface area contributed by atoms with Crippen molar-refractivity contribution in [1.29, 1.82) is 0 Å². The molecule has 0 saturated carbocycles. The lowest BCUT2D eigenvalue weighted by atomic mass is 9.98. The number of carbonyl (C=O) groups is 3. The van der Waals surface area contributed by atoms with Crippen molar-refractivity contribution < 1.29 is 23.9 Å². The summed E-state index contributed by atoms with van der Waals surface area (Å²) in [5.41, 5.74) is 1.16. The minimum atomic E-state index is -0.697. The van der Waals surface area contributed by atoms with Gasteiger partial charge in [0.1, 0.15) is 17.5 Å². The van der Waals surface area contributed by atoms with Crippen molar-refractivity contribution >= 4 is 35.3 Å². The smallest absolute Gasteiger partial charge is 0.271 e. The van der Waals surface area contributed by atoms with E-state index in [1.165, 1.54) is 0 Å². The number of H-pyrrole nitrogens is 1. The number of nitrogens with one attached hydrogen (secondary N) is 3. The summed E-state index contributed by atoms with van der Waals surface area (Å²) in [5, 5.41) is 6.64. The molecule has 35 heavy (non-hydrogen) atoms. The van der Waals surface area contributed by atoms with Crippen LogP contribution in [0.15, 0.2) is 29.3 Å². The Hall–Kier alpha value is -3.40. The molecule has 3 heterocycles. The maximum Gasteiger partial charge on any atom is 0.271 e. The topological polar surface area (TPSA) is 125 Å². The number of amides is 3. The second kappa shape index (κ2) is 10.9. The minimum Gasteiger partial charge on any atom is -0.496 e. The van der Waals surface area contributed by atoms with Crippen LogP contribution in [-0.4, -0.2) is 85.9 Å². The Morgan fingerprint density at radius 3 is 2.89 bits per heavy atom. The molecule has 4 rings (SSSR count). The first-order chi connectivity index (χ1) is 16.9. The SMILES string of the molecule is C=NCC(CC1CCNC1=O)NC(=O)C1CC(OCC)CN1C(=O)c1cc2c(OC)cccc2[nH]1. The normalized spacial score (nSPS) is 22.7. The fourth-order valence-electron chi connectivity index (χ4n) is 5.05. The Morgan fingerprint density at radius 2 is 2.20 bits per heavy atom. The van der Waals surface area contributed by atoms with Gasteiger partial charge in [-0.15, -0.1) is 0 Å². The van der Waals surface area contributed by atoms with Crippen molar-refractivity contribution in [1.82, 2.24) is 20.5 Å². The number of hydrogen-bond donors (Lipinski definition) is 3. The molecule has 1 aromatic carbocycles. The Labute approximate surface area is 204 Å². The van der Waals surface area contributed by atoms with Crippen molar-refractivity contribution in [3.05, 3.63) is 30.0 Å². The first kappa shape index (κ1) is 24.7. The zero-order valence-electron chi connectivity index (χ0n) is 20.2. The summed E-state index contributed by atoms with van der Waals surface area (Å²) in [7, 11) is 1.58. The van der Waals surface area contributed by atoms with Gasteiger partial charge in [0.15, 0.2) is 0 Å². The molecule has 3 amide bonds. The predicted molar refractivity (Wildman–Crippen MR) is 132 cm³/mol. The number of rotatable bonds is 10. The van der Waals surface area contributed by atoms with Crippen LogP contribution in [0.3, 0.4) is 0 Å². The average molecular weight is 484 g/mol. The zero-order valence-corrected chi connectivity index (χ0v) is 20.2. The molecule has 3 N–H and O–H groups in total. The van der Waals surface area contributed by atoms with Gasteiger partial charge in [0.05, 0.1) is 19.8 Å². The van der Waals surface area contributed by atoms with Gasteiger partial charge in [0.2, 0.25) is 11.8 Å². The fraction of sp³-hybridized carbons (Fsp3) is 0.520. The largest absolute Gasteiger partial charge is 0.496 e. The molecule has 2 fully saturated rings. The van der Waals surface area contributed by atoms with Crippen LogP contribution < -0.4 is 15.4 Å². The molecule has 10 nitrogen and oxygen atoms in total. The van der Waals surface area contributed by atoms with E-state index in [0.29, 0.717) is 50.5 Å². The van der Waals surface area contributed by atoms with Crippen LogP contribution in [0.4, 0.5) is 0 Å². The van der Waals surface area contributed by atoms with Crippen molar-refractivity contribution in [2.24, 2.45) is 10.9 Å². The highest BCUT2D eigenvalue weighted by Gasteiger charge is 2.41. The van der Waals surface area contributed by atoms with Crippen LogP contribution in [0, 0.1) is 5.92 Å². The van der Waals surface area contributed by atoms with Crippen molar-refractivity contribution in [3.8, 4) is 5.75 Å². The van der Waals surface area contributed by atoms with E-state index in [1.54, 1.807) is 18.1 Å². The van der Waals surface area contributed by atoms with Gasteiger partial charge >= 0.3 is 0 Å². The monoisotopic (exact) mass is 483 g/mol. The van der Waals surface area contributed by atoms with E-state index in [4.69, 9.17) is 9.47 Å². The highest BCUT2D eigenvalue weighted by Crippen LogP contribution is 2.29. The molecule has 10 heteroatoms. The summed E-state index contributed by atoms with van der Waals surface area (Å²) in [6.07, 6.45) is 1.36. The first-order valence-corrected chi connectivity index (χ1v) is 12.0.